The van der Waals surface area contributed by atoms with Gasteiger partial charge in [-0.2, -0.15) is 0 Å². The molecule has 0 fully saturated rings. The monoisotopic (exact) mass is 236 g/mol. The van der Waals surface area contributed by atoms with E-state index in [0.717, 1.165) is 32.1 Å². The topological polar surface area (TPSA) is 26.3 Å². The standard InChI is InChI=1S/C15H24O2/c1-4-6-7-8-9-10-11-13-15(12-5-2)17-14(3)16/h4,6-9,15H,1,5,10-13H2,2-3H3. The van der Waals surface area contributed by atoms with Crippen LogP contribution in [0, 0.1) is 0 Å². The Kier molecular flexibility index (Phi) is 10.3. The van der Waals surface area contributed by atoms with Gasteiger partial charge in [0, 0.05) is 6.92 Å². The second kappa shape index (κ2) is 11.2. The van der Waals surface area contributed by atoms with Crippen molar-refractivity contribution in [2.24, 2.45) is 0 Å². The first kappa shape index (κ1) is 15.7. The highest BCUT2D eigenvalue weighted by atomic mass is 16.5. The molecule has 17 heavy (non-hydrogen) atoms. The van der Waals surface area contributed by atoms with Crippen LogP contribution in [0.2, 0.25) is 0 Å². The van der Waals surface area contributed by atoms with Crippen molar-refractivity contribution >= 4 is 5.97 Å². The number of hydrogen-bond donors (Lipinski definition) is 0. The molecule has 2 nitrogen and oxygen atoms in total. The minimum Gasteiger partial charge on any atom is -0.463 e. The van der Waals surface area contributed by atoms with Crippen LogP contribution >= 0.6 is 0 Å². The van der Waals surface area contributed by atoms with Crippen LogP contribution in [-0.4, -0.2) is 12.1 Å². The number of carbonyl (C=O) groups excluding carboxylic acids is 1. The van der Waals surface area contributed by atoms with E-state index < -0.39 is 0 Å². The molecule has 0 aliphatic carbocycles. The highest BCUT2D eigenvalue weighted by Gasteiger charge is 2.09. The SMILES string of the molecule is C=CC=CC=CCCCC(CCC)OC(C)=O. The van der Waals surface area contributed by atoms with E-state index in [1.807, 2.05) is 18.2 Å². The average molecular weight is 236 g/mol. The molecule has 0 heterocycles. The predicted octanol–water partition coefficient (Wildman–Crippen LogP) is 4.19. The molecule has 2 heteroatoms. The van der Waals surface area contributed by atoms with Crippen LogP contribution in [0.25, 0.3) is 0 Å². The van der Waals surface area contributed by atoms with Gasteiger partial charge in [0.1, 0.15) is 6.10 Å². The summed E-state index contributed by atoms with van der Waals surface area (Å²) in [5, 5.41) is 0. The Morgan fingerprint density at radius 3 is 2.65 bits per heavy atom. The van der Waals surface area contributed by atoms with Gasteiger partial charge in [-0.15, -0.1) is 0 Å². The summed E-state index contributed by atoms with van der Waals surface area (Å²) in [5.74, 6) is -0.173. The van der Waals surface area contributed by atoms with Crippen LogP contribution in [0.15, 0.2) is 37.0 Å². The minimum atomic E-state index is -0.173. The largest absolute Gasteiger partial charge is 0.463 e. The van der Waals surface area contributed by atoms with Crippen LogP contribution < -0.4 is 0 Å². The molecule has 0 radical (unpaired) electrons. The summed E-state index contributed by atoms with van der Waals surface area (Å²) >= 11 is 0. The molecule has 1 atom stereocenters. The van der Waals surface area contributed by atoms with Crippen LogP contribution in [-0.2, 0) is 9.53 Å². The third-order valence-electron chi connectivity index (χ3n) is 2.33. The van der Waals surface area contributed by atoms with E-state index in [0.29, 0.717) is 0 Å². The Balaban J connectivity index is 3.73. The Labute approximate surface area is 105 Å². The zero-order valence-corrected chi connectivity index (χ0v) is 11.0. The van der Waals surface area contributed by atoms with Crippen molar-refractivity contribution in [1.29, 1.82) is 0 Å². The van der Waals surface area contributed by atoms with E-state index in [-0.39, 0.29) is 12.1 Å². The first-order chi connectivity index (χ1) is 8.20. The van der Waals surface area contributed by atoms with Gasteiger partial charge in [-0.05, 0) is 25.7 Å². The lowest BCUT2D eigenvalue weighted by atomic mass is 10.1. The fourth-order valence-electron chi connectivity index (χ4n) is 1.60. The van der Waals surface area contributed by atoms with Gasteiger partial charge in [0.2, 0.25) is 0 Å². The Morgan fingerprint density at radius 1 is 1.29 bits per heavy atom. The lowest BCUT2D eigenvalue weighted by Gasteiger charge is -2.15. The van der Waals surface area contributed by atoms with Gasteiger partial charge in [0.15, 0.2) is 0 Å². The molecule has 0 bridgehead atoms. The van der Waals surface area contributed by atoms with Crippen molar-refractivity contribution in [2.75, 3.05) is 0 Å². The van der Waals surface area contributed by atoms with Crippen molar-refractivity contribution in [3.8, 4) is 0 Å². The third kappa shape index (κ3) is 11.0. The van der Waals surface area contributed by atoms with Crippen LogP contribution in [0.1, 0.15) is 46.0 Å². The van der Waals surface area contributed by atoms with E-state index in [9.17, 15) is 4.79 Å². The normalized spacial score (nSPS) is 13.1. The van der Waals surface area contributed by atoms with Crippen molar-refractivity contribution in [1.82, 2.24) is 0 Å². The van der Waals surface area contributed by atoms with Crippen molar-refractivity contribution < 1.29 is 9.53 Å². The van der Waals surface area contributed by atoms with Crippen LogP contribution in [0.3, 0.4) is 0 Å². The van der Waals surface area contributed by atoms with Gasteiger partial charge in [-0.3, -0.25) is 4.79 Å². The molecule has 0 aliphatic rings. The third-order valence-corrected chi connectivity index (χ3v) is 2.33. The molecular formula is C15H24O2. The maximum absolute atomic E-state index is 10.9. The molecule has 96 valence electrons. The fourth-order valence-corrected chi connectivity index (χ4v) is 1.60. The predicted molar refractivity (Wildman–Crippen MR) is 72.8 cm³/mol. The molecular weight excluding hydrogens is 212 g/mol. The first-order valence-electron chi connectivity index (χ1n) is 6.32. The lowest BCUT2D eigenvalue weighted by Crippen LogP contribution is -2.15. The number of hydrogen-bond acceptors (Lipinski definition) is 2. The summed E-state index contributed by atoms with van der Waals surface area (Å²) in [5.41, 5.74) is 0. The van der Waals surface area contributed by atoms with Gasteiger partial charge in [-0.25, -0.2) is 0 Å². The highest BCUT2D eigenvalue weighted by molar-refractivity contribution is 5.66. The summed E-state index contributed by atoms with van der Waals surface area (Å²) < 4.78 is 5.25. The smallest absolute Gasteiger partial charge is 0.302 e. The lowest BCUT2D eigenvalue weighted by molar-refractivity contribution is -0.147. The molecule has 1 unspecified atom stereocenters. The minimum absolute atomic E-state index is 0.0922. The maximum atomic E-state index is 10.9. The van der Waals surface area contributed by atoms with Crippen LogP contribution in [0.5, 0.6) is 0 Å². The van der Waals surface area contributed by atoms with E-state index >= 15 is 0 Å². The second-order valence-corrected chi connectivity index (χ2v) is 4.00. The van der Waals surface area contributed by atoms with E-state index in [4.69, 9.17) is 4.74 Å². The first-order valence-corrected chi connectivity index (χ1v) is 6.32. The molecule has 0 aromatic carbocycles. The Hall–Kier alpha value is -1.31. The van der Waals surface area contributed by atoms with Gasteiger partial charge in [-0.1, -0.05) is 50.3 Å². The number of ether oxygens (including phenoxy) is 1. The molecule has 0 rings (SSSR count). The maximum Gasteiger partial charge on any atom is 0.302 e. The molecule has 0 aromatic heterocycles. The second-order valence-electron chi connectivity index (χ2n) is 4.00. The van der Waals surface area contributed by atoms with Crippen molar-refractivity contribution in [3.63, 3.8) is 0 Å². The van der Waals surface area contributed by atoms with Crippen molar-refractivity contribution in [2.45, 2.75) is 52.1 Å². The molecule has 0 N–H and O–H groups in total. The molecule has 0 saturated carbocycles. The molecule has 0 spiro atoms. The number of allylic oxidation sites excluding steroid dienone is 5. The molecule has 0 aromatic rings. The number of esters is 1. The zero-order chi connectivity index (χ0) is 12.9. The Morgan fingerprint density at radius 2 is 2.06 bits per heavy atom. The van der Waals surface area contributed by atoms with Gasteiger partial charge in [0.25, 0.3) is 0 Å². The average Bonchev–Trinajstić information content (AvgIpc) is 2.27. The number of carbonyl (C=O) groups is 1. The number of rotatable bonds is 9. The summed E-state index contributed by atoms with van der Waals surface area (Å²) in [7, 11) is 0. The molecule has 0 amide bonds. The zero-order valence-electron chi connectivity index (χ0n) is 11.0. The quantitative estimate of drug-likeness (QED) is 0.341. The van der Waals surface area contributed by atoms with Gasteiger partial charge < -0.3 is 4.74 Å². The van der Waals surface area contributed by atoms with Gasteiger partial charge in [0.05, 0.1) is 0 Å². The molecule has 0 saturated heterocycles. The summed E-state index contributed by atoms with van der Waals surface area (Å²) in [6, 6.07) is 0. The van der Waals surface area contributed by atoms with E-state index in [1.54, 1.807) is 6.08 Å². The highest BCUT2D eigenvalue weighted by Crippen LogP contribution is 2.11. The summed E-state index contributed by atoms with van der Waals surface area (Å²) in [6.07, 6.45) is 14.9. The summed E-state index contributed by atoms with van der Waals surface area (Å²) in [6.45, 7) is 7.18. The molecule has 0 aliphatic heterocycles. The van der Waals surface area contributed by atoms with Crippen molar-refractivity contribution in [3.05, 3.63) is 37.0 Å². The van der Waals surface area contributed by atoms with E-state index in [1.165, 1.54) is 6.92 Å². The van der Waals surface area contributed by atoms with E-state index in [2.05, 4.69) is 19.6 Å². The number of unbranched alkanes of at least 4 members (excludes halogenated alkanes) is 1. The van der Waals surface area contributed by atoms with Gasteiger partial charge >= 0.3 is 5.97 Å². The van der Waals surface area contributed by atoms with Crippen LogP contribution in [0.4, 0.5) is 0 Å². The Bertz CT molecular complexity index is 264. The fraction of sp³-hybridized carbons (Fsp3) is 0.533. The summed E-state index contributed by atoms with van der Waals surface area (Å²) in [4.78, 5) is 10.9.